The largest absolute Gasteiger partial charge is 0.454 e. The molecule has 4 aliphatic rings. The lowest BCUT2D eigenvalue weighted by Gasteiger charge is -2.52. The smallest absolute Gasteiger partial charge is 0.252 e. The number of benzene rings is 8. The van der Waals surface area contributed by atoms with Crippen molar-refractivity contribution in [1.29, 1.82) is 0 Å². The second-order valence-corrected chi connectivity index (χ2v) is 25.5. The molecule has 3 aliphatic heterocycles. The fraction of sp³-hybridized carbons (Fsp3) is 0.242. The molecule has 0 amide bonds. The van der Waals surface area contributed by atoms with E-state index >= 15 is 0 Å². The van der Waals surface area contributed by atoms with Crippen LogP contribution < -0.4 is 26.2 Å². The van der Waals surface area contributed by atoms with Gasteiger partial charge in [0.2, 0.25) is 0 Å². The molecule has 0 N–H and O–H groups in total. The topological polar surface area (TPSA) is 37.7 Å². The Labute approximate surface area is 429 Å². The number of anilines is 5. The number of furan rings is 2. The van der Waals surface area contributed by atoms with Gasteiger partial charge < -0.3 is 23.2 Å². The number of rotatable bonds is 3. The molecule has 0 bridgehead atoms. The SMILES string of the molecule is CC(C)(C)c1cc2c3c(c1)C1(C)CCCCC1(C)N3c1cc(N(c3ccc4c(c3)sc3ccccc34)c3cccc4c3oc3ccccc34)cc3c1B2c1cc(C(C)(C)C)cc2c4oc5ccccc5c4n-3c12. The minimum absolute atomic E-state index is 0.0107. The van der Waals surface area contributed by atoms with Crippen molar-refractivity contribution in [3.05, 3.63) is 162 Å². The Morgan fingerprint density at radius 3 is 2.01 bits per heavy atom. The molecule has 356 valence electrons. The van der Waals surface area contributed by atoms with E-state index in [4.69, 9.17) is 8.83 Å². The Kier molecular flexibility index (Phi) is 8.05. The average Bonchev–Trinajstić information content (AvgIpc) is 4.20. The molecule has 4 aromatic heterocycles. The van der Waals surface area contributed by atoms with E-state index in [1.54, 1.807) is 0 Å². The minimum Gasteiger partial charge on any atom is -0.454 e. The summed E-state index contributed by atoms with van der Waals surface area (Å²) in [6.45, 7) is 19.5. The van der Waals surface area contributed by atoms with Crippen LogP contribution in [0.4, 0.5) is 28.4 Å². The predicted molar refractivity (Wildman–Crippen MR) is 310 cm³/mol. The lowest BCUT2D eigenvalue weighted by Crippen LogP contribution is -2.64. The highest BCUT2D eigenvalue weighted by molar-refractivity contribution is 7.25. The standard InChI is InChI=1S/C66H56BN3O2S/c1-63(2,3)37-30-46-58-48(32-37)67-49-33-38(64(4,5)6)31-47-60(49)70(66(8)29-16-15-28-65(47,66)7)52-35-40(34-51(57(52)67)69(58)59-45-20-10-13-24-54(45)72-62(46)59)68(39-26-27-43-42-19-11-14-25-55(42)73-56(43)36-39)50-22-17-21-44-41-18-9-12-23-53(41)71-61(44)50/h9-14,17-27,30-36H,15-16,28-29H2,1-8H3. The Balaban J connectivity index is 1.09. The molecule has 1 fully saturated rings. The number of hydrogen-bond acceptors (Lipinski definition) is 5. The van der Waals surface area contributed by atoms with Crippen LogP contribution in [0.3, 0.4) is 0 Å². The molecule has 0 saturated heterocycles. The summed E-state index contributed by atoms with van der Waals surface area (Å²) in [7, 11) is 0. The molecule has 8 aromatic carbocycles. The summed E-state index contributed by atoms with van der Waals surface area (Å²) >= 11 is 1.87. The van der Waals surface area contributed by atoms with Crippen LogP contribution in [0, 0.1) is 0 Å². The molecule has 1 saturated carbocycles. The summed E-state index contributed by atoms with van der Waals surface area (Å²) in [5.41, 5.74) is 21.3. The first-order valence-corrected chi connectivity index (χ1v) is 27.3. The summed E-state index contributed by atoms with van der Waals surface area (Å²) in [6, 6.07) is 55.2. The van der Waals surface area contributed by atoms with Gasteiger partial charge in [-0.05, 0) is 124 Å². The van der Waals surface area contributed by atoms with Crippen molar-refractivity contribution in [2.45, 2.75) is 103 Å². The molecule has 0 radical (unpaired) electrons. The van der Waals surface area contributed by atoms with Crippen LogP contribution in [-0.2, 0) is 16.2 Å². The summed E-state index contributed by atoms with van der Waals surface area (Å²) < 4.78 is 19.3. The first kappa shape index (κ1) is 42.3. The summed E-state index contributed by atoms with van der Waals surface area (Å²) in [4.78, 5) is 5.41. The molecule has 16 rings (SSSR count). The van der Waals surface area contributed by atoms with Crippen LogP contribution in [0.2, 0.25) is 0 Å². The van der Waals surface area contributed by atoms with Crippen LogP contribution >= 0.6 is 11.3 Å². The first-order valence-electron chi connectivity index (χ1n) is 26.5. The van der Waals surface area contributed by atoms with Crippen molar-refractivity contribution in [2.24, 2.45) is 0 Å². The van der Waals surface area contributed by atoms with Crippen molar-refractivity contribution < 1.29 is 8.83 Å². The van der Waals surface area contributed by atoms with Gasteiger partial charge in [-0.2, -0.15) is 0 Å². The number of thiophene rings is 1. The zero-order valence-corrected chi connectivity index (χ0v) is 43.6. The van der Waals surface area contributed by atoms with Crippen molar-refractivity contribution in [3.63, 3.8) is 0 Å². The van der Waals surface area contributed by atoms with Gasteiger partial charge in [-0.1, -0.05) is 146 Å². The third-order valence-electron chi connectivity index (χ3n) is 18.4. The molecular weight excluding hydrogens is 910 g/mol. The van der Waals surface area contributed by atoms with E-state index in [1.165, 1.54) is 94.1 Å². The van der Waals surface area contributed by atoms with Crippen LogP contribution in [-0.4, -0.2) is 16.8 Å². The highest BCUT2D eigenvalue weighted by atomic mass is 32.1. The fourth-order valence-electron chi connectivity index (χ4n) is 14.5. The summed E-state index contributed by atoms with van der Waals surface area (Å²) in [6.07, 6.45) is 4.71. The van der Waals surface area contributed by atoms with Gasteiger partial charge in [-0.25, -0.2) is 0 Å². The molecular formula is C66H56BN3O2S. The van der Waals surface area contributed by atoms with E-state index in [2.05, 4.69) is 215 Å². The third kappa shape index (κ3) is 5.34. The molecule has 0 spiro atoms. The highest BCUT2D eigenvalue weighted by Crippen LogP contribution is 2.63. The summed E-state index contributed by atoms with van der Waals surface area (Å²) in [5.74, 6) is 0. The van der Waals surface area contributed by atoms with Crippen molar-refractivity contribution in [3.8, 4) is 5.69 Å². The van der Waals surface area contributed by atoms with E-state index in [1.807, 2.05) is 11.3 Å². The van der Waals surface area contributed by atoms with Gasteiger partial charge in [-0.3, -0.25) is 0 Å². The Morgan fingerprint density at radius 1 is 0.548 bits per heavy atom. The van der Waals surface area contributed by atoms with E-state index < -0.39 is 0 Å². The monoisotopic (exact) mass is 965 g/mol. The molecule has 5 nitrogen and oxygen atoms in total. The maximum absolute atomic E-state index is 7.12. The van der Waals surface area contributed by atoms with Gasteiger partial charge in [0, 0.05) is 69.9 Å². The van der Waals surface area contributed by atoms with E-state index in [9.17, 15) is 0 Å². The van der Waals surface area contributed by atoms with Crippen molar-refractivity contribution in [2.75, 3.05) is 9.80 Å². The lowest BCUT2D eigenvalue weighted by atomic mass is 9.33. The molecule has 7 heteroatoms. The second kappa shape index (κ2) is 13.9. The maximum atomic E-state index is 7.12. The first-order chi connectivity index (χ1) is 35.2. The van der Waals surface area contributed by atoms with Gasteiger partial charge in [0.05, 0.1) is 22.4 Å². The fourth-order valence-corrected chi connectivity index (χ4v) is 15.6. The normalized spacial score (nSPS) is 19.1. The van der Waals surface area contributed by atoms with E-state index in [0.717, 1.165) is 73.9 Å². The van der Waals surface area contributed by atoms with Gasteiger partial charge in [0.1, 0.15) is 16.7 Å². The van der Waals surface area contributed by atoms with Crippen LogP contribution in [0.15, 0.2) is 154 Å². The third-order valence-corrected chi connectivity index (χ3v) is 19.5. The van der Waals surface area contributed by atoms with Crippen molar-refractivity contribution in [1.82, 2.24) is 4.57 Å². The van der Waals surface area contributed by atoms with Crippen molar-refractivity contribution >= 4 is 138 Å². The Hall–Kier alpha value is -7.22. The number of hydrogen-bond donors (Lipinski definition) is 0. The number of para-hydroxylation sites is 3. The average molecular weight is 966 g/mol. The molecule has 73 heavy (non-hydrogen) atoms. The molecule has 2 unspecified atom stereocenters. The number of aromatic nitrogens is 1. The van der Waals surface area contributed by atoms with E-state index in [0.29, 0.717) is 0 Å². The van der Waals surface area contributed by atoms with Gasteiger partial charge in [0.25, 0.3) is 6.71 Å². The Bertz CT molecular complexity index is 4440. The molecule has 1 aliphatic carbocycles. The Morgan fingerprint density at radius 2 is 1.21 bits per heavy atom. The lowest BCUT2D eigenvalue weighted by molar-refractivity contribution is 0.195. The summed E-state index contributed by atoms with van der Waals surface area (Å²) in [5, 5.41) is 7.14. The van der Waals surface area contributed by atoms with Crippen LogP contribution in [0.5, 0.6) is 0 Å². The number of nitrogens with zero attached hydrogens (tertiary/aromatic N) is 3. The minimum atomic E-state index is -0.174. The van der Waals surface area contributed by atoms with E-state index in [-0.39, 0.29) is 28.5 Å². The number of fused-ring (bicyclic) bond motifs is 18. The van der Waals surface area contributed by atoms with Gasteiger partial charge in [-0.15, -0.1) is 11.3 Å². The van der Waals surface area contributed by atoms with Gasteiger partial charge >= 0.3 is 0 Å². The van der Waals surface area contributed by atoms with Gasteiger partial charge in [0.15, 0.2) is 11.2 Å². The molecule has 2 atom stereocenters. The quantitative estimate of drug-likeness (QED) is 0.165. The highest BCUT2D eigenvalue weighted by Gasteiger charge is 2.61. The zero-order chi connectivity index (χ0) is 49.2. The molecule has 7 heterocycles. The van der Waals surface area contributed by atoms with Crippen LogP contribution in [0.25, 0.3) is 80.8 Å². The van der Waals surface area contributed by atoms with Crippen LogP contribution in [0.1, 0.15) is 97.8 Å². The predicted octanol–water partition coefficient (Wildman–Crippen LogP) is 16.7. The zero-order valence-electron chi connectivity index (χ0n) is 42.8. The maximum Gasteiger partial charge on any atom is 0.252 e. The second-order valence-electron chi connectivity index (χ2n) is 24.4. The molecule has 12 aromatic rings.